The number of nitriles is 1. The molecule has 158 valence electrons. The van der Waals surface area contributed by atoms with Crippen molar-refractivity contribution in [3.05, 3.63) is 58.7 Å². The highest BCUT2D eigenvalue weighted by molar-refractivity contribution is 5.82. The number of hydrogen-bond donors (Lipinski definition) is 1. The van der Waals surface area contributed by atoms with Gasteiger partial charge in [-0.25, -0.2) is 4.79 Å². The molecule has 0 aromatic heterocycles. The van der Waals surface area contributed by atoms with E-state index in [0.717, 1.165) is 41.8 Å². The Kier molecular flexibility index (Phi) is 7.35. The van der Waals surface area contributed by atoms with E-state index in [2.05, 4.69) is 37.4 Å². The van der Waals surface area contributed by atoms with Crippen molar-refractivity contribution in [3.8, 4) is 11.8 Å². The largest absolute Gasteiger partial charge is 0.493 e. The molecule has 1 unspecified atom stereocenters. The first-order valence-corrected chi connectivity index (χ1v) is 10.7. The minimum Gasteiger partial charge on any atom is -0.493 e. The number of esters is 1. The van der Waals surface area contributed by atoms with Gasteiger partial charge in [-0.15, -0.1) is 0 Å². The van der Waals surface area contributed by atoms with Gasteiger partial charge in [-0.1, -0.05) is 26.3 Å². The number of ether oxygens (including phenoxy) is 2. The first-order chi connectivity index (χ1) is 14.6. The molecular weight excluding hydrogens is 376 g/mol. The summed E-state index contributed by atoms with van der Waals surface area (Å²) in [6.45, 7) is 4.94. The van der Waals surface area contributed by atoms with Crippen LogP contribution in [0.15, 0.2) is 36.4 Å². The molecule has 0 saturated heterocycles. The van der Waals surface area contributed by atoms with Crippen molar-refractivity contribution < 1.29 is 14.3 Å². The van der Waals surface area contributed by atoms with Gasteiger partial charge in [0.05, 0.1) is 25.3 Å². The number of aryl methyl sites for hydroxylation is 2. The average Bonchev–Trinajstić information content (AvgIpc) is 3.60. The second-order valence-electron chi connectivity index (χ2n) is 7.82. The lowest BCUT2D eigenvalue weighted by Gasteiger charge is -2.24. The number of carbonyl (C=O) groups excluding carboxylic acids is 1. The number of nitrogens with one attached hydrogen (secondary N) is 1. The molecule has 2 aromatic rings. The van der Waals surface area contributed by atoms with Crippen molar-refractivity contribution in [2.24, 2.45) is 5.92 Å². The Morgan fingerprint density at radius 2 is 1.97 bits per heavy atom. The van der Waals surface area contributed by atoms with E-state index >= 15 is 0 Å². The molecule has 1 saturated carbocycles. The molecule has 0 radical (unpaired) electrons. The Hall–Kier alpha value is -3.00. The van der Waals surface area contributed by atoms with Gasteiger partial charge in [-0.2, -0.15) is 5.26 Å². The van der Waals surface area contributed by atoms with Crippen LogP contribution >= 0.6 is 0 Å². The highest BCUT2D eigenvalue weighted by Gasteiger charge is 2.29. The number of rotatable bonds is 10. The predicted molar refractivity (Wildman–Crippen MR) is 118 cm³/mol. The molecule has 5 heteroatoms. The second-order valence-corrected chi connectivity index (χ2v) is 7.82. The smallest absolute Gasteiger partial charge is 0.333 e. The number of methoxy groups -OCH3 is 1. The molecule has 0 spiro atoms. The molecule has 1 N–H and O–H groups in total. The SMILES string of the molecule is CCCc1cc(CC)cc(C(Nc2ccc(C#N)cc2)C(=O)OC)c1OCC1CC1. The molecule has 3 rings (SSSR count). The van der Waals surface area contributed by atoms with Crippen LogP contribution in [0, 0.1) is 17.2 Å². The summed E-state index contributed by atoms with van der Waals surface area (Å²) in [6.07, 6.45) is 5.17. The fraction of sp³-hybridized carbons (Fsp3) is 0.440. The van der Waals surface area contributed by atoms with E-state index in [9.17, 15) is 4.79 Å². The van der Waals surface area contributed by atoms with E-state index in [0.29, 0.717) is 18.1 Å². The van der Waals surface area contributed by atoms with Gasteiger partial charge in [0.25, 0.3) is 0 Å². The minimum absolute atomic E-state index is 0.369. The zero-order valence-electron chi connectivity index (χ0n) is 18.0. The lowest BCUT2D eigenvalue weighted by atomic mass is 9.95. The Morgan fingerprint density at radius 1 is 1.23 bits per heavy atom. The normalized spacial score (nSPS) is 13.9. The summed E-state index contributed by atoms with van der Waals surface area (Å²) in [5.74, 6) is 1.05. The lowest BCUT2D eigenvalue weighted by Crippen LogP contribution is -2.24. The second kappa shape index (κ2) is 10.2. The topological polar surface area (TPSA) is 71.4 Å². The number of carbonyl (C=O) groups is 1. The first kappa shape index (κ1) is 21.7. The van der Waals surface area contributed by atoms with Crippen LogP contribution in [0.4, 0.5) is 5.69 Å². The third kappa shape index (κ3) is 5.33. The molecule has 1 aliphatic rings. The fourth-order valence-electron chi connectivity index (χ4n) is 3.51. The monoisotopic (exact) mass is 406 g/mol. The maximum atomic E-state index is 12.8. The Balaban J connectivity index is 2.03. The highest BCUT2D eigenvalue weighted by Crippen LogP contribution is 2.37. The first-order valence-electron chi connectivity index (χ1n) is 10.7. The average molecular weight is 407 g/mol. The van der Waals surface area contributed by atoms with Gasteiger partial charge >= 0.3 is 5.97 Å². The number of nitrogens with zero attached hydrogens (tertiary/aromatic N) is 1. The summed E-state index contributed by atoms with van der Waals surface area (Å²) in [4.78, 5) is 12.8. The predicted octanol–water partition coefficient (Wildman–Crippen LogP) is 5.19. The van der Waals surface area contributed by atoms with Crippen molar-refractivity contribution in [2.75, 3.05) is 19.0 Å². The summed E-state index contributed by atoms with van der Waals surface area (Å²) >= 11 is 0. The van der Waals surface area contributed by atoms with E-state index in [1.165, 1.54) is 25.5 Å². The summed E-state index contributed by atoms with van der Waals surface area (Å²) in [5, 5.41) is 12.3. The van der Waals surface area contributed by atoms with E-state index in [1.807, 2.05) is 0 Å². The van der Waals surface area contributed by atoms with Gasteiger partial charge in [0.2, 0.25) is 0 Å². The van der Waals surface area contributed by atoms with Gasteiger partial charge in [0, 0.05) is 11.3 Å². The summed E-state index contributed by atoms with van der Waals surface area (Å²) in [7, 11) is 1.40. The quantitative estimate of drug-likeness (QED) is 0.550. The van der Waals surface area contributed by atoms with Crippen molar-refractivity contribution in [1.29, 1.82) is 5.26 Å². The van der Waals surface area contributed by atoms with Gasteiger partial charge < -0.3 is 14.8 Å². The van der Waals surface area contributed by atoms with E-state index in [-0.39, 0.29) is 5.97 Å². The van der Waals surface area contributed by atoms with Crippen molar-refractivity contribution >= 4 is 11.7 Å². The zero-order valence-corrected chi connectivity index (χ0v) is 18.0. The maximum absolute atomic E-state index is 12.8. The summed E-state index contributed by atoms with van der Waals surface area (Å²) in [5.41, 5.74) is 4.44. The Bertz CT molecular complexity index is 911. The van der Waals surface area contributed by atoms with Crippen LogP contribution in [-0.2, 0) is 22.4 Å². The van der Waals surface area contributed by atoms with Crippen LogP contribution in [0.25, 0.3) is 0 Å². The molecular formula is C25H30N2O3. The molecule has 30 heavy (non-hydrogen) atoms. The van der Waals surface area contributed by atoms with Crippen LogP contribution in [0.1, 0.15) is 61.4 Å². The lowest BCUT2D eigenvalue weighted by molar-refractivity contribution is -0.141. The van der Waals surface area contributed by atoms with Crippen molar-refractivity contribution in [2.45, 2.75) is 52.0 Å². The van der Waals surface area contributed by atoms with Gasteiger partial charge in [0.15, 0.2) is 6.04 Å². The third-order valence-corrected chi connectivity index (χ3v) is 5.42. The standard InChI is InChI=1S/C25H30N2O3/c1-4-6-20-13-17(5-2)14-22(24(20)30-16-19-7-8-19)23(25(28)29-3)27-21-11-9-18(15-26)10-12-21/h9-14,19,23,27H,4-8,16H2,1-3H3. The third-order valence-electron chi connectivity index (χ3n) is 5.42. The summed E-state index contributed by atoms with van der Waals surface area (Å²) < 4.78 is 11.4. The molecule has 0 aliphatic heterocycles. The molecule has 0 heterocycles. The van der Waals surface area contributed by atoms with E-state index in [1.54, 1.807) is 24.3 Å². The molecule has 0 amide bonds. The Morgan fingerprint density at radius 3 is 2.53 bits per heavy atom. The van der Waals surface area contributed by atoms with Crippen LogP contribution in [0.2, 0.25) is 0 Å². The van der Waals surface area contributed by atoms with Crippen LogP contribution in [-0.4, -0.2) is 19.7 Å². The molecule has 5 nitrogen and oxygen atoms in total. The van der Waals surface area contributed by atoms with Crippen LogP contribution in [0.3, 0.4) is 0 Å². The minimum atomic E-state index is -0.695. The Labute approximate surface area is 179 Å². The number of anilines is 1. The molecule has 1 fully saturated rings. The zero-order chi connectivity index (χ0) is 21.5. The molecule has 2 aromatic carbocycles. The van der Waals surface area contributed by atoms with Gasteiger partial charge in [0.1, 0.15) is 5.75 Å². The molecule has 1 atom stereocenters. The highest BCUT2D eigenvalue weighted by atomic mass is 16.5. The van der Waals surface area contributed by atoms with Crippen molar-refractivity contribution in [1.82, 2.24) is 0 Å². The van der Waals surface area contributed by atoms with Gasteiger partial charge in [-0.3, -0.25) is 0 Å². The fourth-order valence-corrected chi connectivity index (χ4v) is 3.51. The van der Waals surface area contributed by atoms with E-state index < -0.39 is 6.04 Å². The number of benzene rings is 2. The van der Waals surface area contributed by atoms with Crippen LogP contribution in [0.5, 0.6) is 5.75 Å². The van der Waals surface area contributed by atoms with Gasteiger partial charge in [-0.05, 0) is 73.1 Å². The van der Waals surface area contributed by atoms with Crippen LogP contribution < -0.4 is 10.1 Å². The maximum Gasteiger partial charge on any atom is 0.333 e. The van der Waals surface area contributed by atoms with E-state index in [4.69, 9.17) is 14.7 Å². The molecule has 0 bridgehead atoms. The molecule has 1 aliphatic carbocycles. The number of hydrogen-bond acceptors (Lipinski definition) is 5. The summed E-state index contributed by atoms with van der Waals surface area (Å²) in [6, 6.07) is 12.7. The van der Waals surface area contributed by atoms with Crippen molar-refractivity contribution in [3.63, 3.8) is 0 Å².